The van der Waals surface area contributed by atoms with Crippen molar-refractivity contribution in [2.45, 2.75) is 59.5 Å². The zero-order valence-electron chi connectivity index (χ0n) is 17.5. The fourth-order valence-corrected chi connectivity index (χ4v) is 2.39. The standard InChI is InChI=1S/C19H36N2O6/c1-13(2)11-16(15(5)22)20-18(23)17(12-14(3)4)21-19(24)27-10-9-26-8-7-25-6/h13-14,16-17H,7-12H2,1-6H3,(H,20,23)(H,21,24)/t16-,17?/m0/s1. The van der Waals surface area contributed by atoms with Gasteiger partial charge in [0.05, 0.1) is 25.9 Å². The average molecular weight is 389 g/mol. The molecule has 0 bridgehead atoms. The van der Waals surface area contributed by atoms with E-state index in [1.54, 1.807) is 7.11 Å². The molecule has 0 aromatic carbocycles. The molecule has 0 aliphatic heterocycles. The van der Waals surface area contributed by atoms with Gasteiger partial charge in [-0.05, 0) is 31.6 Å². The van der Waals surface area contributed by atoms with Gasteiger partial charge in [0.25, 0.3) is 0 Å². The van der Waals surface area contributed by atoms with Gasteiger partial charge in [0.15, 0.2) is 5.78 Å². The molecule has 8 nitrogen and oxygen atoms in total. The Morgan fingerprint density at radius 1 is 0.815 bits per heavy atom. The van der Waals surface area contributed by atoms with E-state index < -0.39 is 18.2 Å². The minimum atomic E-state index is -0.763. The normalized spacial score (nSPS) is 13.3. The predicted molar refractivity (Wildman–Crippen MR) is 102 cm³/mol. The van der Waals surface area contributed by atoms with Crippen molar-refractivity contribution in [1.82, 2.24) is 10.6 Å². The van der Waals surface area contributed by atoms with Crippen LogP contribution in [0, 0.1) is 11.8 Å². The van der Waals surface area contributed by atoms with Gasteiger partial charge in [-0.2, -0.15) is 0 Å². The molecule has 2 amide bonds. The van der Waals surface area contributed by atoms with Crippen molar-refractivity contribution < 1.29 is 28.6 Å². The summed E-state index contributed by atoms with van der Waals surface area (Å²) in [4.78, 5) is 36.3. The first-order chi connectivity index (χ1) is 12.7. The largest absolute Gasteiger partial charge is 0.447 e. The first-order valence-corrected chi connectivity index (χ1v) is 9.48. The molecule has 2 atom stereocenters. The van der Waals surface area contributed by atoms with Crippen LogP contribution in [0.5, 0.6) is 0 Å². The highest BCUT2D eigenvalue weighted by Gasteiger charge is 2.26. The van der Waals surface area contributed by atoms with Crippen molar-refractivity contribution in [3.8, 4) is 0 Å². The Balaban J connectivity index is 4.60. The smallest absolute Gasteiger partial charge is 0.407 e. The maximum Gasteiger partial charge on any atom is 0.407 e. The first kappa shape index (κ1) is 25.3. The Labute approximate surface area is 162 Å². The molecule has 158 valence electrons. The molecule has 0 saturated heterocycles. The molecule has 0 aliphatic carbocycles. The topological polar surface area (TPSA) is 103 Å². The predicted octanol–water partition coefficient (Wildman–Crippen LogP) is 1.91. The molecule has 0 aliphatic rings. The van der Waals surface area contributed by atoms with E-state index in [2.05, 4.69) is 10.6 Å². The lowest BCUT2D eigenvalue weighted by atomic mass is 9.99. The number of Topliss-reactive ketones (excluding diaryl/α,β-unsaturated/α-hetero) is 1. The lowest BCUT2D eigenvalue weighted by Crippen LogP contribution is -2.52. The van der Waals surface area contributed by atoms with Gasteiger partial charge in [0.1, 0.15) is 12.6 Å². The van der Waals surface area contributed by atoms with E-state index in [1.165, 1.54) is 6.92 Å². The Hall–Kier alpha value is -1.67. The number of methoxy groups -OCH3 is 1. The van der Waals surface area contributed by atoms with Crippen LogP contribution in [0.15, 0.2) is 0 Å². The lowest BCUT2D eigenvalue weighted by molar-refractivity contribution is -0.128. The zero-order valence-corrected chi connectivity index (χ0v) is 17.5. The number of hydrogen-bond donors (Lipinski definition) is 2. The van der Waals surface area contributed by atoms with Crippen molar-refractivity contribution >= 4 is 17.8 Å². The van der Waals surface area contributed by atoms with Crippen LogP contribution in [0.2, 0.25) is 0 Å². The van der Waals surface area contributed by atoms with Gasteiger partial charge in [-0.15, -0.1) is 0 Å². The Morgan fingerprint density at radius 3 is 1.89 bits per heavy atom. The third-order valence-electron chi connectivity index (χ3n) is 3.72. The molecule has 0 radical (unpaired) electrons. The lowest BCUT2D eigenvalue weighted by Gasteiger charge is -2.24. The van der Waals surface area contributed by atoms with Crippen LogP contribution in [0.4, 0.5) is 4.79 Å². The maximum absolute atomic E-state index is 12.6. The van der Waals surface area contributed by atoms with E-state index >= 15 is 0 Å². The minimum Gasteiger partial charge on any atom is -0.447 e. The summed E-state index contributed by atoms with van der Waals surface area (Å²) in [5.74, 6) is -0.0351. The van der Waals surface area contributed by atoms with Crippen molar-refractivity contribution in [2.24, 2.45) is 11.8 Å². The molecule has 1 unspecified atom stereocenters. The second kappa shape index (κ2) is 14.4. The molecule has 0 aromatic heterocycles. The van der Waals surface area contributed by atoms with E-state index in [4.69, 9.17) is 14.2 Å². The van der Waals surface area contributed by atoms with Crippen molar-refractivity contribution in [2.75, 3.05) is 33.5 Å². The number of nitrogens with one attached hydrogen (secondary N) is 2. The Bertz CT molecular complexity index is 453. The number of amides is 2. The average Bonchev–Trinajstić information content (AvgIpc) is 2.55. The van der Waals surface area contributed by atoms with Crippen LogP contribution in [0.3, 0.4) is 0 Å². The van der Waals surface area contributed by atoms with Gasteiger partial charge in [-0.1, -0.05) is 27.7 Å². The highest BCUT2D eigenvalue weighted by Crippen LogP contribution is 2.09. The van der Waals surface area contributed by atoms with Crippen LogP contribution >= 0.6 is 0 Å². The summed E-state index contributed by atoms with van der Waals surface area (Å²) >= 11 is 0. The summed E-state index contributed by atoms with van der Waals surface area (Å²) in [6.45, 7) is 10.5. The van der Waals surface area contributed by atoms with Gasteiger partial charge in [-0.3, -0.25) is 9.59 Å². The van der Waals surface area contributed by atoms with Crippen molar-refractivity contribution in [3.63, 3.8) is 0 Å². The molecule has 0 fully saturated rings. The molecule has 0 spiro atoms. The minimum absolute atomic E-state index is 0.0784. The molecular formula is C19H36N2O6. The SMILES string of the molecule is COCCOCCOC(=O)NC(CC(C)C)C(=O)N[C@@H](CC(C)C)C(C)=O. The number of ketones is 1. The third-order valence-corrected chi connectivity index (χ3v) is 3.72. The van der Waals surface area contributed by atoms with E-state index in [0.717, 1.165) is 0 Å². The van der Waals surface area contributed by atoms with Crippen LogP contribution < -0.4 is 10.6 Å². The summed E-state index contributed by atoms with van der Waals surface area (Å²) in [5, 5.41) is 5.33. The molecule has 2 N–H and O–H groups in total. The molecule has 8 heteroatoms. The Morgan fingerprint density at radius 2 is 1.37 bits per heavy atom. The fraction of sp³-hybridized carbons (Fsp3) is 0.842. The van der Waals surface area contributed by atoms with Crippen molar-refractivity contribution in [3.05, 3.63) is 0 Å². The summed E-state index contributed by atoms with van der Waals surface area (Å²) in [7, 11) is 1.57. The van der Waals surface area contributed by atoms with Gasteiger partial charge < -0.3 is 24.8 Å². The number of hydrogen-bond acceptors (Lipinski definition) is 6. The summed E-state index contributed by atoms with van der Waals surface area (Å²) in [6.07, 6.45) is 0.311. The van der Waals surface area contributed by atoms with E-state index in [1.807, 2.05) is 27.7 Å². The van der Waals surface area contributed by atoms with Crippen LogP contribution in [0.1, 0.15) is 47.5 Å². The van der Waals surface area contributed by atoms with Crippen LogP contribution in [-0.2, 0) is 23.8 Å². The van der Waals surface area contributed by atoms with Crippen LogP contribution in [0.25, 0.3) is 0 Å². The molecule has 0 heterocycles. The van der Waals surface area contributed by atoms with E-state index in [9.17, 15) is 14.4 Å². The van der Waals surface area contributed by atoms with E-state index in [-0.39, 0.29) is 36.7 Å². The number of carbonyl (C=O) groups is 3. The second-order valence-corrected chi connectivity index (χ2v) is 7.37. The fourth-order valence-electron chi connectivity index (χ4n) is 2.39. The molecule has 0 saturated carbocycles. The highest BCUT2D eigenvalue weighted by molar-refractivity contribution is 5.91. The summed E-state index contributed by atoms with van der Waals surface area (Å²) < 4.78 is 15.1. The number of alkyl carbamates (subject to hydrolysis) is 1. The third kappa shape index (κ3) is 13.2. The Kier molecular flexibility index (Phi) is 13.5. The maximum atomic E-state index is 12.6. The van der Waals surface area contributed by atoms with Gasteiger partial charge in [0, 0.05) is 7.11 Å². The van der Waals surface area contributed by atoms with Gasteiger partial charge in [-0.25, -0.2) is 4.79 Å². The van der Waals surface area contributed by atoms with Gasteiger partial charge >= 0.3 is 6.09 Å². The first-order valence-electron chi connectivity index (χ1n) is 9.48. The highest BCUT2D eigenvalue weighted by atomic mass is 16.6. The molecule has 27 heavy (non-hydrogen) atoms. The summed E-state index contributed by atoms with van der Waals surface area (Å²) in [5.41, 5.74) is 0. The van der Waals surface area contributed by atoms with E-state index in [0.29, 0.717) is 26.1 Å². The number of rotatable bonds is 14. The number of carbonyl (C=O) groups excluding carboxylic acids is 3. The molecular weight excluding hydrogens is 352 g/mol. The van der Waals surface area contributed by atoms with Gasteiger partial charge in [0.2, 0.25) is 5.91 Å². The quantitative estimate of drug-likeness (QED) is 0.441. The second-order valence-electron chi connectivity index (χ2n) is 7.37. The van der Waals surface area contributed by atoms with Crippen molar-refractivity contribution in [1.29, 1.82) is 0 Å². The van der Waals surface area contributed by atoms with Crippen LogP contribution in [-0.4, -0.2) is 63.4 Å². The number of ether oxygens (including phenoxy) is 3. The molecule has 0 rings (SSSR count). The molecule has 0 aromatic rings. The summed E-state index contributed by atoms with van der Waals surface area (Å²) in [6, 6.07) is -1.32. The zero-order chi connectivity index (χ0) is 20.8. The monoisotopic (exact) mass is 388 g/mol.